The Bertz CT molecular complexity index is 634. The number of likely N-dealkylation sites (N-methyl/N-ethyl adjacent to an activating group) is 1. The third-order valence-corrected chi connectivity index (χ3v) is 4.95. The summed E-state index contributed by atoms with van der Waals surface area (Å²) in [4.78, 5) is 15.4. The summed E-state index contributed by atoms with van der Waals surface area (Å²) in [6, 6.07) is 17.9. The zero-order valence-electron chi connectivity index (χ0n) is 14.0. The summed E-state index contributed by atoms with van der Waals surface area (Å²) in [5.41, 5.74) is 1.28. The molecule has 0 aliphatic heterocycles. The van der Waals surface area contributed by atoms with E-state index >= 15 is 0 Å². The molecule has 0 heterocycles. The highest BCUT2D eigenvalue weighted by Crippen LogP contribution is 2.24. The Balaban J connectivity index is 1.69. The average molecular weight is 363 g/mol. The van der Waals surface area contributed by atoms with Crippen molar-refractivity contribution in [3.8, 4) is 0 Å². The summed E-state index contributed by atoms with van der Waals surface area (Å²) in [5.74, 6) is 0.0584. The standard InChI is InChI=1S/C19H23ClN2OS/c1-15(24-18-10-8-17(20)9-11-18)19(23)21-12-13-22(2)14-16-6-4-3-5-7-16/h3-11,15H,12-14H2,1-2H3,(H,21,23). The van der Waals surface area contributed by atoms with Crippen LogP contribution < -0.4 is 5.32 Å². The van der Waals surface area contributed by atoms with Crippen molar-refractivity contribution in [2.24, 2.45) is 0 Å². The fourth-order valence-corrected chi connectivity index (χ4v) is 3.28. The zero-order chi connectivity index (χ0) is 17.4. The van der Waals surface area contributed by atoms with Crippen LogP contribution in [0.3, 0.4) is 0 Å². The van der Waals surface area contributed by atoms with E-state index in [1.54, 1.807) is 0 Å². The van der Waals surface area contributed by atoms with Gasteiger partial charge in [0, 0.05) is 29.6 Å². The summed E-state index contributed by atoms with van der Waals surface area (Å²) in [6.45, 7) is 4.26. The van der Waals surface area contributed by atoms with Gasteiger partial charge in [-0.25, -0.2) is 0 Å². The molecule has 0 spiro atoms. The van der Waals surface area contributed by atoms with Gasteiger partial charge in [0.2, 0.25) is 5.91 Å². The number of carbonyl (C=O) groups is 1. The van der Waals surface area contributed by atoms with Crippen molar-refractivity contribution >= 4 is 29.3 Å². The number of rotatable bonds is 8. The number of carbonyl (C=O) groups excluding carboxylic acids is 1. The Kier molecular flexibility index (Phi) is 7.63. The summed E-state index contributed by atoms with van der Waals surface area (Å²) in [6.07, 6.45) is 0. The number of benzene rings is 2. The predicted molar refractivity (Wildman–Crippen MR) is 103 cm³/mol. The highest BCUT2D eigenvalue weighted by Gasteiger charge is 2.14. The van der Waals surface area contributed by atoms with Crippen LogP contribution in [0.2, 0.25) is 5.02 Å². The summed E-state index contributed by atoms with van der Waals surface area (Å²) < 4.78 is 0. The van der Waals surface area contributed by atoms with Gasteiger partial charge in [0.1, 0.15) is 0 Å². The molecule has 3 nitrogen and oxygen atoms in total. The predicted octanol–water partition coefficient (Wildman–Crippen LogP) is 4.07. The molecule has 5 heteroatoms. The Morgan fingerprint density at radius 2 is 1.83 bits per heavy atom. The van der Waals surface area contributed by atoms with Crippen molar-refractivity contribution in [3.05, 3.63) is 65.2 Å². The number of nitrogens with zero attached hydrogens (tertiary/aromatic N) is 1. The quantitative estimate of drug-likeness (QED) is 0.718. The second-order valence-corrected chi connectivity index (χ2v) is 7.58. The van der Waals surface area contributed by atoms with E-state index in [1.807, 2.05) is 49.4 Å². The minimum Gasteiger partial charge on any atom is -0.354 e. The van der Waals surface area contributed by atoms with Gasteiger partial charge in [-0.05, 0) is 43.8 Å². The van der Waals surface area contributed by atoms with Crippen molar-refractivity contribution in [2.45, 2.75) is 23.6 Å². The first-order valence-electron chi connectivity index (χ1n) is 7.97. The van der Waals surface area contributed by atoms with Crippen LogP contribution in [0.15, 0.2) is 59.5 Å². The first-order chi connectivity index (χ1) is 11.5. The number of thioether (sulfide) groups is 1. The van der Waals surface area contributed by atoms with Gasteiger partial charge in [-0.2, -0.15) is 0 Å². The smallest absolute Gasteiger partial charge is 0.233 e. The third kappa shape index (κ3) is 6.56. The van der Waals surface area contributed by atoms with Crippen LogP contribution in [0.5, 0.6) is 0 Å². The molecule has 1 amide bonds. The van der Waals surface area contributed by atoms with Gasteiger partial charge in [0.05, 0.1) is 5.25 Å². The third-order valence-electron chi connectivity index (χ3n) is 3.58. The van der Waals surface area contributed by atoms with E-state index in [0.717, 1.165) is 18.0 Å². The molecule has 0 aromatic heterocycles. The fourth-order valence-electron chi connectivity index (χ4n) is 2.26. The molecule has 1 N–H and O–H groups in total. The van der Waals surface area contributed by atoms with Gasteiger partial charge < -0.3 is 10.2 Å². The largest absolute Gasteiger partial charge is 0.354 e. The van der Waals surface area contributed by atoms with Gasteiger partial charge in [0.25, 0.3) is 0 Å². The molecular formula is C19H23ClN2OS. The van der Waals surface area contributed by atoms with Crippen LogP contribution in [0.4, 0.5) is 0 Å². The average Bonchev–Trinajstić information content (AvgIpc) is 2.57. The lowest BCUT2D eigenvalue weighted by molar-refractivity contribution is -0.120. The van der Waals surface area contributed by atoms with Crippen molar-refractivity contribution < 1.29 is 4.79 Å². The van der Waals surface area contributed by atoms with Gasteiger partial charge in [-0.1, -0.05) is 41.9 Å². The zero-order valence-corrected chi connectivity index (χ0v) is 15.6. The van der Waals surface area contributed by atoms with Crippen LogP contribution in [-0.4, -0.2) is 36.2 Å². The van der Waals surface area contributed by atoms with E-state index < -0.39 is 0 Å². The van der Waals surface area contributed by atoms with E-state index in [2.05, 4.69) is 29.4 Å². The lowest BCUT2D eigenvalue weighted by Crippen LogP contribution is -2.36. The highest BCUT2D eigenvalue weighted by molar-refractivity contribution is 8.00. The Morgan fingerprint density at radius 1 is 1.17 bits per heavy atom. The van der Waals surface area contributed by atoms with Crippen LogP contribution in [-0.2, 0) is 11.3 Å². The number of hydrogen-bond donors (Lipinski definition) is 1. The number of hydrogen-bond acceptors (Lipinski definition) is 3. The molecular weight excluding hydrogens is 340 g/mol. The van der Waals surface area contributed by atoms with E-state index in [1.165, 1.54) is 17.3 Å². The fraction of sp³-hybridized carbons (Fsp3) is 0.316. The van der Waals surface area contributed by atoms with E-state index in [-0.39, 0.29) is 11.2 Å². The SMILES string of the molecule is CC(Sc1ccc(Cl)cc1)C(=O)NCCN(C)Cc1ccccc1. The first-order valence-corrected chi connectivity index (χ1v) is 9.23. The van der Waals surface area contributed by atoms with Crippen molar-refractivity contribution in [1.29, 1.82) is 0 Å². The van der Waals surface area contributed by atoms with Gasteiger partial charge in [0.15, 0.2) is 0 Å². The maximum Gasteiger partial charge on any atom is 0.233 e. The minimum atomic E-state index is -0.134. The molecule has 2 aromatic carbocycles. The van der Waals surface area contributed by atoms with Crippen LogP contribution >= 0.6 is 23.4 Å². The molecule has 2 aromatic rings. The lowest BCUT2D eigenvalue weighted by Gasteiger charge is -2.18. The lowest BCUT2D eigenvalue weighted by atomic mass is 10.2. The van der Waals surface area contributed by atoms with Crippen LogP contribution in [0, 0.1) is 0 Å². The highest BCUT2D eigenvalue weighted by atomic mass is 35.5. The molecule has 24 heavy (non-hydrogen) atoms. The Morgan fingerprint density at radius 3 is 2.50 bits per heavy atom. The van der Waals surface area contributed by atoms with Gasteiger partial charge >= 0.3 is 0 Å². The van der Waals surface area contributed by atoms with Gasteiger partial charge in [-0.3, -0.25) is 4.79 Å². The number of amides is 1. The second kappa shape index (κ2) is 9.72. The topological polar surface area (TPSA) is 32.3 Å². The number of nitrogens with one attached hydrogen (secondary N) is 1. The van der Waals surface area contributed by atoms with E-state index in [4.69, 9.17) is 11.6 Å². The molecule has 128 valence electrons. The van der Waals surface area contributed by atoms with Crippen LogP contribution in [0.1, 0.15) is 12.5 Å². The number of halogens is 1. The second-order valence-electron chi connectivity index (χ2n) is 5.73. The van der Waals surface area contributed by atoms with E-state index in [9.17, 15) is 4.79 Å². The first kappa shape index (κ1) is 18.8. The molecule has 1 unspecified atom stereocenters. The molecule has 0 radical (unpaired) electrons. The summed E-state index contributed by atoms with van der Waals surface area (Å²) in [5, 5.41) is 3.58. The molecule has 0 aliphatic rings. The van der Waals surface area contributed by atoms with Crippen molar-refractivity contribution in [1.82, 2.24) is 10.2 Å². The maximum atomic E-state index is 12.2. The summed E-state index contributed by atoms with van der Waals surface area (Å²) >= 11 is 7.41. The molecule has 0 aliphatic carbocycles. The molecule has 0 saturated carbocycles. The minimum absolute atomic E-state index is 0.0584. The molecule has 0 bridgehead atoms. The normalized spacial score (nSPS) is 12.2. The molecule has 1 atom stereocenters. The molecule has 0 saturated heterocycles. The monoisotopic (exact) mass is 362 g/mol. The van der Waals surface area contributed by atoms with Gasteiger partial charge in [-0.15, -0.1) is 11.8 Å². The summed E-state index contributed by atoms with van der Waals surface area (Å²) in [7, 11) is 2.06. The Labute approximate surface area is 153 Å². The van der Waals surface area contributed by atoms with E-state index in [0.29, 0.717) is 11.6 Å². The van der Waals surface area contributed by atoms with Crippen molar-refractivity contribution in [3.63, 3.8) is 0 Å². The Hall–Kier alpha value is -1.49. The van der Waals surface area contributed by atoms with Crippen molar-refractivity contribution in [2.75, 3.05) is 20.1 Å². The molecule has 2 rings (SSSR count). The molecule has 0 fully saturated rings. The van der Waals surface area contributed by atoms with Crippen LogP contribution in [0.25, 0.3) is 0 Å². The maximum absolute atomic E-state index is 12.2.